The van der Waals surface area contributed by atoms with Crippen molar-refractivity contribution in [2.45, 2.75) is 33.4 Å². The molecule has 0 bridgehead atoms. The molecule has 0 aliphatic heterocycles. The molecule has 0 fully saturated rings. The predicted molar refractivity (Wildman–Crippen MR) is 105 cm³/mol. The van der Waals surface area contributed by atoms with Crippen molar-refractivity contribution >= 4 is 21.7 Å². The third kappa shape index (κ3) is 3.55. The molecule has 0 amide bonds. The Morgan fingerprint density at radius 1 is 1.27 bits per heavy atom. The van der Waals surface area contributed by atoms with E-state index >= 15 is 0 Å². The minimum Gasteiger partial charge on any atom is -0.344 e. The van der Waals surface area contributed by atoms with Crippen molar-refractivity contribution in [3.63, 3.8) is 0 Å². The largest absolute Gasteiger partial charge is 0.344 e. The number of aromatic nitrogens is 3. The summed E-state index contributed by atoms with van der Waals surface area (Å²) in [5.74, 6) is -0.0734. The van der Waals surface area contributed by atoms with Crippen LogP contribution >= 0.6 is 15.9 Å². The van der Waals surface area contributed by atoms with E-state index in [4.69, 9.17) is 0 Å². The van der Waals surface area contributed by atoms with Crippen LogP contribution in [0.3, 0.4) is 0 Å². The van der Waals surface area contributed by atoms with E-state index in [0.717, 1.165) is 21.4 Å². The Hall–Kier alpha value is -2.47. The van der Waals surface area contributed by atoms with Gasteiger partial charge in [0.25, 0.3) is 5.56 Å². The molecule has 0 saturated heterocycles. The van der Waals surface area contributed by atoms with Crippen molar-refractivity contribution in [2.24, 2.45) is 0 Å². The second-order valence-electron chi connectivity index (χ2n) is 6.37. The van der Waals surface area contributed by atoms with Crippen LogP contribution in [-0.4, -0.2) is 19.9 Å². The summed E-state index contributed by atoms with van der Waals surface area (Å²) in [6.45, 7) is 6.33. The van der Waals surface area contributed by atoms with E-state index in [2.05, 4.69) is 25.5 Å². The number of hydrogen-bond donors (Lipinski definition) is 0. The van der Waals surface area contributed by atoms with E-state index < -0.39 is 6.04 Å². The third-order valence-electron chi connectivity index (χ3n) is 4.60. The molecule has 0 saturated carbocycles. The molecule has 0 aromatic carbocycles. The lowest BCUT2D eigenvalue weighted by molar-refractivity contribution is 0.0932. The van der Waals surface area contributed by atoms with Gasteiger partial charge in [-0.2, -0.15) is 0 Å². The van der Waals surface area contributed by atoms with Gasteiger partial charge in [0.1, 0.15) is 0 Å². The van der Waals surface area contributed by atoms with E-state index in [-0.39, 0.29) is 11.3 Å². The fourth-order valence-corrected chi connectivity index (χ4v) is 3.45. The van der Waals surface area contributed by atoms with Gasteiger partial charge in [-0.1, -0.05) is 6.07 Å². The van der Waals surface area contributed by atoms with E-state index in [1.54, 1.807) is 25.4 Å². The second-order valence-corrected chi connectivity index (χ2v) is 7.28. The van der Waals surface area contributed by atoms with Crippen LogP contribution in [0, 0.1) is 13.8 Å². The lowest BCUT2D eigenvalue weighted by Crippen LogP contribution is -2.27. The molecule has 26 heavy (non-hydrogen) atoms. The van der Waals surface area contributed by atoms with Gasteiger partial charge in [-0.05, 0) is 60.5 Å². The van der Waals surface area contributed by atoms with Crippen molar-refractivity contribution in [2.75, 3.05) is 0 Å². The highest BCUT2D eigenvalue weighted by Gasteiger charge is 2.23. The minimum absolute atomic E-state index is 0.0734. The molecule has 1 unspecified atom stereocenters. The summed E-state index contributed by atoms with van der Waals surface area (Å²) >= 11 is 3.36. The Balaban J connectivity index is 1.94. The Bertz CT molecular complexity index is 1010. The number of aryl methyl sites for hydroxylation is 1. The molecule has 0 radical (unpaired) electrons. The van der Waals surface area contributed by atoms with E-state index in [1.807, 2.05) is 38.2 Å². The molecule has 3 rings (SSSR count). The number of carbonyl (C=O) groups is 1. The maximum Gasteiger partial charge on any atom is 0.251 e. The maximum atomic E-state index is 13.0. The molecule has 3 aromatic rings. The van der Waals surface area contributed by atoms with Crippen molar-refractivity contribution in [3.8, 4) is 0 Å². The highest BCUT2D eigenvalue weighted by Crippen LogP contribution is 2.22. The van der Waals surface area contributed by atoms with E-state index in [1.165, 1.54) is 10.6 Å². The second kappa shape index (κ2) is 7.41. The fourth-order valence-electron chi connectivity index (χ4n) is 3.10. The first kappa shape index (κ1) is 18.3. The molecule has 0 aliphatic rings. The molecule has 134 valence electrons. The molecule has 0 aliphatic carbocycles. The first-order chi connectivity index (χ1) is 12.4. The van der Waals surface area contributed by atoms with E-state index in [9.17, 15) is 9.59 Å². The van der Waals surface area contributed by atoms with Crippen molar-refractivity contribution in [1.29, 1.82) is 0 Å². The standard InChI is InChI=1S/C20H20BrN3O2/c1-13-9-18(14(2)23(13)11-16-5-4-8-22-10-16)20(26)15(3)24-12-17(21)6-7-19(24)25/h4-10,12,15H,11H2,1-3H3. The van der Waals surface area contributed by atoms with Gasteiger partial charge in [0.15, 0.2) is 5.78 Å². The summed E-state index contributed by atoms with van der Waals surface area (Å²) < 4.78 is 4.32. The number of carbonyl (C=O) groups excluding carboxylic acids is 1. The summed E-state index contributed by atoms with van der Waals surface area (Å²) in [6, 6.07) is 8.37. The Labute approximate surface area is 160 Å². The van der Waals surface area contributed by atoms with Crippen LogP contribution in [0.15, 0.2) is 58.2 Å². The normalized spacial score (nSPS) is 12.2. The van der Waals surface area contributed by atoms with Crippen LogP contribution < -0.4 is 5.56 Å². The van der Waals surface area contributed by atoms with Crippen LogP contribution in [0.4, 0.5) is 0 Å². The Morgan fingerprint density at radius 3 is 2.73 bits per heavy atom. The van der Waals surface area contributed by atoms with Gasteiger partial charge in [0.2, 0.25) is 0 Å². The number of ketones is 1. The van der Waals surface area contributed by atoms with Crippen LogP contribution in [0.5, 0.6) is 0 Å². The molecule has 6 heteroatoms. The average molecular weight is 414 g/mol. The van der Waals surface area contributed by atoms with Crippen LogP contribution in [0.1, 0.15) is 40.3 Å². The summed E-state index contributed by atoms with van der Waals surface area (Å²) in [4.78, 5) is 29.3. The molecule has 0 spiro atoms. The van der Waals surface area contributed by atoms with Gasteiger partial charge in [0, 0.05) is 52.6 Å². The van der Waals surface area contributed by atoms with E-state index in [0.29, 0.717) is 12.1 Å². The zero-order valence-corrected chi connectivity index (χ0v) is 16.5. The first-order valence-electron chi connectivity index (χ1n) is 8.36. The topological polar surface area (TPSA) is 56.9 Å². The zero-order chi connectivity index (χ0) is 18.8. The number of halogens is 1. The molecule has 5 nitrogen and oxygen atoms in total. The van der Waals surface area contributed by atoms with Crippen molar-refractivity contribution in [3.05, 3.63) is 86.3 Å². The number of pyridine rings is 2. The fraction of sp³-hybridized carbons (Fsp3) is 0.250. The zero-order valence-electron chi connectivity index (χ0n) is 14.9. The van der Waals surface area contributed by atoms with Crippen molar-refractivity contribution in [1.82, 2.24) is 14.1 Å². The van der Waals surface area contributed by atoms with Gasteiger partial charge >= 0.3 is 0 Å². The number of hydrogen-bond acceptors (Lipinski definition) is 3. The number of rotatable bonds is 5. The molecular weight excluding hydrogens is 394 g/mol. The third-order valence-corrected chi connectivity index (χ3v) is 5.07. The van der Waals surface area contributed by atoms with Gasteiger partial charge < -0.3 is 9.13 Å². The highest BCUT2D eigenvalue weighted by atomic mass is 79.9. The monoisotopic (exact) mass is 413 g/mol. The number of nitrogens with zero attached hydrogens (tertiary/aromatic N) is 3. The van der Waals surface area contributed by atoms with Crippen LogP contribution in [0.2, 0.25) is 0 Å². The lowest BCUT2D eigenvalue weighted by atomic mass is 10.1. The van der Waals surface area contributed by atoms with Gasteiger partial charge in [-0.15, -0.1) is 0 Å². The number of Topliss-reactive ketones (excluding diaryl/α,β-unsaturated/α-hetero) is 1. The highest BCUT2D eigenvalue weighted by molar-refractivity contribution is 9.10. The first-order valence-corrected chi connectivity index (χ1v) is 9.15. The summed E-state index contributed by atoms with van der Waals surface area (Å²) in [5, 5.41) is 0. The summed E-state index contributed by atoms with van der Waals surface area (Å²) in [7, 11) is 0. The van der Waals surface area contributed by atoms with Gasteiger partial charge in [-0.3, -0.25) is 14.6 Å². The average Bonchev–Trinajstić information content (AvgIpc) is 2.91. The molecular formula is C20H20BrN3O2. The quantitative estimate of drug-likeness (QED) is 0.595. The minimum atomic E-state index is -0.577. The molecule has 1 atom stereocenters. The SMILES string of the molecule is Cc1cc(C(=O)C(C)n2cc(Br)ccc2=O)c(C)n1Cc1cccnc1. The van der Waals surface area contributed by atoms with Crippen LogP contribution in [0.25, 0.3) is 0 Å². The van der Waals surface area contributed by atoms with Crippen LogP contribution in [-0.2, 0) is 6.54 Å². The smallest absolute Gasteiger partial charge is 0.251 e. The van der Waals surface area contributed by atoms with Crippen molar-refractivity contribution < 1.29 is 4.79 Å². The summed E-state index contributed by atoms with van der Waals surface area (Å²) in [5.41, 5.74) is 3.42. The van der Waals surface area contributed by atoms with Gasteiger partial charge in [0.05, 0.1) is 6.04 Å². The predicted octanol–water partition coefficient (Wildman–Crippen LogP) is 3.92. The van der Waals surface area contributed by atoms with Gasteiger partial charge in [-0.25, -0.2) is 0 Å². The molecule has 3 heterocycles. The maximum absolute atomic E-state index is 13.0. The lowest BCUT2D eigenvalue weighted by Gasteiger charge is -2.15. The molecule has 0 N–H and O–H groups in total. The Kier molecular flexibility index (Phi) is 5.23. The summed E-state index contributed by atoms with van der Waals surface area (Å²) in [6.07, 6.45) is 5.22. The molecule has 3 aromatic heterocycles. The Morgan fingerprint density at radius 2 is 2.04 bits per heavy atom.